The van der Waals surface area contributed by atoms with Gasteiger partial charge in [-0.25, -0.2) is 0 Å². The van der Waals surface area contributed by atoms with Crippen molar-refractivity contribution in [2.45, 2.75) is 39.5 Å². The number of methoxy groups -OCH3 is 1. The molecule has 0 bridgehead atoms. The standard InChI is InChI=1S/C20H27NO3/c1-4-18(13-22)21-12-17-9-6-10-19(23-3)20(17)24-14-16-8-5-7-15(2)11-16/h5-11,18,21-22H,4,12-14H2,1-3H3. The van der Waals surface area contributed by atoms with Crippen LogP contribution in [-0.4, -0.2) is 24.9 Å². The van der Waals surface area contributed by atoms with Crippen molar-refractivity contribution in [3.63, 3.8) is 0 Å². The van der Waals surface area contributed by atoms with E-state index in [0.717, 1.165) is 29.0 Å². The van der Waals surface area contributed by atoms with Crippen molar-refractivity contribution < 1.29 is 14.6 Å². The molecule has 0 amide bonds. The van der Waals surface area contributed by atoms with Crippen LogP contribution in [0.3, 0.4) is 0 Å². The zero-order valence-electron chi connectivity index (χ0n) is 14.7. The molecule has 0 heterocycles. The first kappa shape index (κ1) is 18.3. The first-order valence-corrected chi connectivity index (χ1v) is 8.36. The Bertz CT molecular complexity index is 639. The number of para-hydroxylation sites is 1. The van der Waals surface area contributed by atoms with E-state index >= 15 is 0 Å². The number of aryl methyl sites for hydroxylation is 1. The lowest BCUT2D eigenvalue weighted by molar-refractivity contribution is 0.236. The SMILES string of the molecule is CCC(CO)NCc1cccc(OC)c1OCc1cccc(C)c1. The molecule has 0 saturated heterocycles. The number of hydrogen-bond donors (Lipinski definition) is 2. The Labute approximate surface area is 144 Å². The molecular formula is C20H27NO3. The van der Waals surface area contributed by atoms with Gasteiger partial charge in [-0.1, -0.05) is 48.9 Å². The van der Waals surface area contributed by atoms with Crippen molar-refractivity contribution in [2.75, 3.05) is 13.7 Å². The van der Waals surface area contributed by atoms with Gasteiger partial charge in [-0.2, -0.15) is 0 Å². The van der Waals surface area contributed by atoms with Crippen molar-refractivity contribution >= 4 is 0 Å². The summed E-state index contributed by atoms with van der Waals surface area (Å²) in [6.45, 7) is 5.36. The second kappa shape index (κ2) is 9.30. The Morgan fingerprint density at radius 3 is 2.62 bits per heavy atom. The lowest BCUT2D eigenvalue weighted by Crippen LogP contribution is -2.31. The monoisotopic (exact) mass is 329 g/mol. The summed E-state index contributed by atoms with van der Waals surface area (Å²) >= 11 is 0. The van der Waals surface area contributed by atoms with Gasteiger partial charge in [0, 0.05) is 18.2 Å². The van der Waals surface area contributed by atoms with E-state index in [1.165, 1.54) is 5.56 Å². The predicted octanol–water partition coefficient (Wildman–Crippen LogP) is 3.44. The van der Waals surface area contributed by atoms with Gasteiger partial charge in [-0.05, 0) is 25.0 Å². The van der Waals surface area contributed by atoms with E-state index in [1.54, 1.807) is 7.11 Å². The van der Waals surface area contributed by atoms with Gasteiger partial charge in [0.05, 0.1) is 13.7 Å². The smallest absolute Gasteiger partial charge is 0.166 e. The number of aliphatic hydroxyl groups is 1. The molecule has 0 fully saturated rings. The van der Waals surface area contributed by atoms with E-state index in [1.807, 2.05) is 24.3 Å². The Morgan fingerprint density at radius 2 is 1.96 bits per heavy atom. The van der Waals surface area contributed by atoms with E-state index in [4.69, 9.17) is 9.47 Å². The molecule has 0 aliphatic rings. The average Bonchev–Trinajstić information content (AvgIpc) is 2.61. The fourth-order valence-corrected chi connectivity index (χ4v) is 2.57. The minimum absolute atomic E-state index is 0.0841. The number of nitrogens with one attached hydrogen (secondary N) is 1. The minimum atomic E-state index is 0.0841. The fourth-order valence-electron chi connectivity index (χ4n) is 2.57. The highest BCUT2D eigenvalue weighted by molar-refractivity contribution is 5.46. The van der Waals surface area contributed by atoms with Gasteiger partial charge < -0.3 is 19.9 Å². The molecular weight excluding hydrogens is 302 g/mol. The third-order valence-corrected chi connectivity index (χ3v) is 4.04. The summed E-state index contributed by atoms with van der Waals surface area (Å²) < 4.78 is 11.5. The first-order valence-electron chi connectivity index (χ1n) is 8.36. The minimum Gasteiger partial charge on any atom is -0.493 e. The lowest BCUT2D eigenvalue weighted by atomic mass is 10.1. The third-order valence-electron chi connectivity index (χ3n) is 4.04. The normalized spacial score (nSPS) is 12.0. The molecule has 0 saturated carbocycles. The molecule has 4 heteroatoms. The number of benzene rings is 2. The van der Waals surface area contributed by atoms with E-state index in [0.29, 0.717) is 13.2 Å². The largest absolute Gasteiger partial charge is 0.493 e. The maximum atomic E-state index is 9.33. The topological polar surface area (TPSA) is 50.7 Å². The molecule has 0 aliphatic heterocycles. The maximum Gasteiger partial charge on any atom is 0.166 e. The Balaban J connectivity index is 2.13. The third kappa shape index (κ3) is 4.98. The number of aliphatic hydroxyl groups excluding tert-OH is 1. The Hall–Kier alpha value is -2.04. The predicted molar refractivity (Wildman–Crippen MR) is 96.5 cm³/mol. The van der Waals surface area contributed by atoms with Crippen molar-refractivity contribution in [3.8, 4) is 11.5 Å². The zero-order chi connectivity index (χ0) is 17.4. The molecule has 0 aliphatic carbocycles. The van der Waals surface area contributed by atoms with Crippen LogP contribution in [0.5, 0.6) is 11.5 Å². The average molecular weight is 329 g/mol. The second-order valence-corrected chi connectivity index (χ2v) is 5.89. The van der Waals surface area contributed by atoms with Gasteiger partial charge in [0.1, 0.15) is 6.61 Å². The van der Waals surface area contributed by atoms with Crippen LogP contribution in [0.15, 0.2) is 42.5 Å². The van der Waals surface area contributed by atoms with Crippen molar-refractivity contribution in [1.82, 2.24) is 5.32 Å². The summed E-state index contributed by atoms with van der Waals surface area (Å²) in [5.41, 5.74) is 3.36. The lowest BCUT2D eigenvalue weighted by Gasteiger charge is -2.18. The van der Waals surface area contributed by atoms with Crippen LogP contribution in [0.4, 0.5) is 0 Å². The Morgan fingerprint density at radius 1 is 1.17 bits per heavy atom. The molecule has 0 aromatic heterocycles. The number of rotatable bonds is 9. The molecule has 4 nitrogen and oxygen atoms in total. The molecule has 1 unspecified atom stereocenters. The molecule has 2 aromatic rings. The Kier molecular flexibility index (Phi) is 7.09. The van der Waals surface area contributed by atoms with Crippen LogP contribution >= 0.6 is 0 Å². The summed E-state index contributed by atoms with van der Waals surface area (Å²) in [4.78, 5) is 0. The summed E-state index contributed by atoms with van der Waals surface area (Å²) in [6, 6.07) is 14.2. The van der Waals surface area contributed by atoms with E-state index in [2.05, 4.69) is 37.4 Å². The van der Waals surface area contributed by atoms with Gasteiger partial charge in [0.2, 0.25) is 0 Å². The molecule has 24 heavy (non-hydrogen) atoms. The number of hydrogen-bond acceptors (Lipinski definition) is 4. The molecule has 0 radical (unpaired) electrons. The van der Waals surface area contributed by atoms with E-state index in [-0.39, 0.29) is 12.6 Å². The molecule has 2 N–H and O–H groups in total. The van der Waals surface area contributed by atoms with Crippen LogP contribution in [0.25, 0.3) is 0 Å². The zero-order valence-corrected chi connectivity index (χ0v) is 14.7. The van der Waals surface area contributed by atoms with Gasteiger partial charge in [-0.3, -0.25) is 0 Å². The highest BCUT2D eigenvalue weighted by atomic mass is 16.5. The number of ether oxygens (including phenoxy) is 2. The highest BCUT2D eigenvalue weighted by Gasteiger charge is 2.12. The van der Waals surface area contributed by atoms with Crippen LogP contribution in [0, 0.1) is 6.92 Å². The highest BCUT2D eigenvalue weighted by Crippen LogP contribution is 2.32. The quantitative estimate of drug-likeness (QED) is 0.740. The van der Waals surface area contributed by atoms with E-state index < -0.39 is 0 Å². The molecule has 2 aromatic carbocycles. The summed E-state index contributed by atoms with van der Waals surface area (Å²) in [6.07, 6.45) is 0.875. The van der Waals surface area contributed by atoms with Gasteiger partial charge in [0.15, 0.2) is 11.5 Å². The summed E-state index contributed by atoms with van der Waals surface area (Å²) in [7, 11) is 1.65. The fraction of sp³-hybridized carbons (Fsp3) is 0.400. The summed E-state index contributed by atoms with van der Waals surface area (Å²) in [5, 5.41) is 12.7. The molecule has 1 atom stereocenters. The van der Waals surface area contributed by atoms with Gasteiger partial charge in [-0.15, -0.1) is 0 Å². The van der Waals surface area contributed by atoms with Gasteiger partial charge in [0.25, 0.3) is 0 Å². The van der Waals surface area contributed by atoms with Crippen molar-refractivity contribution in [1.29, 1.82) is 0 Å². The van der Waals surface area contributed by atoms with Crippen molar-refractivity contribution in [3.05, 3.63) is 59.2 Å². The summed E-state index contributed by atoms with van der Waals surface area (Å²) in [5.74, 6) is 1.47. The maximum absolute atomic E-state index is 9.33. The van der Waals surface area contributed by atoms with Crippen LogP contribution < -0.4 is 14.8 Å². The molecule has 2 rings (SSSR count). The van der Waals surface area contributed by atoms with Gasteiger partial charge >= 0.3 is 0 Å². The van der Waals surface area contributed by atoms with Crippen LogP contribution in [0.2, 0.25) is 0 Å². The van der Waals surface area contributed by atoms with Crippen LogP contribution in [-0.2, 0) is 13.2 Å². The molecule has 0 spiro atoms. The molecule has 130 valence electrons. The second-order valence-electron chi connectivity index (χ2n) is 5.89. The first-order chi connectivity index (χ1) is 11.7. The van der Waals surface area contributed by atoms with Crippen LogP contribution in [0.1, 0.15) is 30.0 Å². The van der Waals surface area contributed by atoms with Crippen molar-refractivity contribution in [2.24, 2.45) is 0 Å². The van der Waals surface area contributed by atoms with E-state index in [9.17, 15) is 5.11 Å².